The molecule has 1 saturated heterocycles. The first-order chi connectivity index (χ1) is 10.4. The number of alkyl halides is 6. The number of likely N-dealkylation sites (tertiary alicyclic amines) is 1. The van der Waals surface area contributed by atoms with Gasteiger partial charge in [0.2, 0.25) is 5.91 Å². The van der Waals surface area contributed by atoms with Crippen LogP contribution in [0.3, 0.4) is 0 Å². The Labute approximate surface area is 128 Å². The molecule has 3 amide bonds. The zero-order chi connectivity index (χ0) is 17.8. The van der Waals surface area contributed by atoms with Gasteiger partial charge in [0.25, 0.3) is 0 Å². The van der Waals surface area contributed by atoms with E-state index >= 15 is 0 Å². The van der Waals surface area contributed by atoms with Crippen LogP contribution in [-0.2, 0) is 4.79 Å². The van der Waals surface area contributed by atoms with Crippen molar-refractivity contribution in [3.05, 3.63) is 0 Å². The lowest BCUT2D eigenvalue weighted by molar-refractivity contribution is -0.184. The van der Waals surface area contributed by atoms with Crippen LogP contribution in [0, 0.1) is 5.92 Å². The summed E-state index contributed by atoms with van der Waals surface area (Å²) in [5.41, 5.74) is 0. The number of hydrogen-bond acceptors (Lipinski definition) is 2. The normalized spacial score (nSPS) is 19.4. The van der Waals surface area contributed by atoms with E-state index in [9.17, 15) is 35.9 Å². The first kappa shape index (κ1) is 19.4. The molecule has 0 radical (unpaired) electrons. The Bertz CT molecular complexity index is 437. The number of carbonyl (C=O) groups excluding carboxylic acids is 2. The summed E-state index contributed by atoms with van der Waals surface area (Å²) in [4.78, 5) is 24.5. The number of urea groups is 1. The molecule has 0 saturated carbocycles. The molecule has 0 bridgehead atoms. The van der Waals surface area contributed by atoms with Crippen LogP contribution >= 0.6 is 0 Å². The molecule has 0 aromatic rings. The van der Waals surface area contributed by atoms with E-state index in [0.29, 0.717) is 4.90 Å². The fraction of sp³-hybridized carbons (Fsp3) is 0.833. The maximum Gasteiger partial charge on any atom is 0.406 e. The van der Waals surface area contributed by atoms with Crippen molar-refractivity contribution in [2.45, 2.75) is 25.2 Å². The molecule has 1 rings (SSSR count). The van der Waals surface area contributed by atoms with Gasteiger partial charge in [0.1, 0.15) is 6.54 Å². The van der Waals surface area contributed by atoms with Crippen LogP contribution in [0.4, 0.5) is 31.1 Å². The monoisotopic (exact) mass is 349 g/mol. The minimum Gasteiger partial charge on any atom is -0.335 e. The van der Waals surface area contributed by atoms with E-state index in [1.807, 2.05) is 0 Å². The van der Waals surface area contributed by atoms with E-state index in [4.69, 9.17) is 0 Å². The number of hydrogen-bond donors (Lipinski definition) is 1. The predicted molar refractivity (Wildman–Crippen MR) is 67.4 cm³/mol. The molecule has 0 spiro atoms. The van der Waals surface area contributed by atoms with E-state index in [0.717, 1.165) is 11.9 Å². The van der Waals surface area contributed by atoms with Gasteiger partial charge in [-0.05, 0) is 12.8 Å². The Morgan fingerprint density at radius 1 is 1.22 bits per heavy atom. The number of nitrogens with one attached hydrogen (secondary N) is 1. The number of halogens is 6. The van der Waals surface area contributed by atoms with Crippen LogP contribution in [0.5, 0.6) is 0 Å². The van der Waals surface area contributed by atoms with Crippen molar-refractivity contribution in [1.82, 2.24) is 15.1 Å². The molecular weight excluding hydrogens is 332 g/mol. The molecular formula is C12H17F6N3O2. The van der Waals surface area contributed by atoms with Gasteiger partial charge in [0, 0.05) is 20.1 Å². The fourth-order valence-electron chi connectivity index (χ4n) is 2.18. The van der Waals surface area contributed by atoms with E-state index in [1.165, 1.54) is 0 Å². The summed E-state index contributed by atoms with van der Waals surface area (Å²) in [6, 6.07) is -0.896. The fourth-order valence-corrected chi connectivity index (χ4v) is 2.18. The zero-order valence-corrected chi connectivity index (χ0v) is 12.3. The highest BCUT2D eigenvalue weighted by Crippen LogP contribution is 2.33. The Hall–Kier alpha value is -1.68. The molecule has 1 aliphatic heterocycles. The third-order valence-electron chi connectivity index (χ3n) is 3.40. The van der Waals surface area contributed by atoms with Crippen molar-refractivity contribution in [2.24, 2.45) is 5.92 Å². The minimum atomic E-state index is -4.57. The molecule has 1 fully saturated rings. The van der Waals surface area contributed by atoms with Crippen molar-refractivity contribution in [3.63, 3.8) is 0 Å². The van der Waals surface area contributed by atoms with E-state index in [2.05, 4.69) is 5.32 Å². The van der Waals surface area contributed by atoms with Gasteiger partial charge >= 0.3 is 18.4 Å². The molecule has 11 heteroatoms. The molecule has 1 heterocycles. The number of piperidine rings is 1. The molecule has 1 unspecified atom stereocenters. The average Bonchev–Trinajstić information content (AvgIpc) is 2.41. The van der Waals surface area contributed by atoms with Gasteiger partial charge in [0.15, 0.2) is 0 Å². The van der Waals surface area contributed by atoms with Gasteiger partial charge < -0.3 is 15.1 Å². The molecule has 0 aromatic carbocycles. The maximum absolute atomic E-state index is 12.6. The van der Waals surface area contributed by atoms with Gasteiger partial charge in [0.05, 0.1) is 12.5 Å². The number of nitrogens with zero attached hydrogens (tertiary/aromatic N) is 2. The van der Waals surface area contributed by atoms with Crippen LogP contribution in [0.2, 0.25) is 0 Å². The Morgan fingerprint density at radius 2 is 1.83 bits per heavy atom. The molecule has 1 atom stereocenters. The summed E-state index contributed by atoms with van der Waals surface area (Å²) >= 11 is 0. The predicted octanol–water partition coefficient (Wildman–Crippen LogP) is 1.99. The molecule has 0 aliphatic carbocycles. The van der Waals surface area contributed by atoms with E-state index < -0.39 is 49.8 Å². The highest BCUT2D eigenvalue weighted by atomic mass is 19.4. The molecule has 0 aromatic heterocycles. The second-order valence-electron chi connectivity index (χ2n) is 5.35. The summed E-state index contributed by atoms with van der Waals surface area (Å²) in [5, 5.41) is 2.05. The lowest BCUT2D eigenvalue weighted by Crippen LogP contribution is -2.50. The van der Waals surface area contributed by atoms with Gasteiger partial charge in [-0.2, -0.15) is 26.3 Å². The van der Waals surface area contributed by atoms with Gasteiger partial charge in [-0.3, -0.25) is 4.79 Å². The first-order valence-electron chi connectivity index (χ1n) is 6.80. The average molecular weight is 349 g/mol. The lowest BCUT2D eigenvalue weighted by Gasteiger charge is -2.33. The van der Waals surface area contributed by atoms with Crippen molar-refractivity contribution < 1.29 is 35.9 Å². The van der Waals surface area contributed by atoms with Gasteiger partial charge in [-0.1, -0.05) is 0 Å². The molecule has 5 nitrogen and oxygen atoms in total. The van der Waals surface area contributed by atoms with Crippen molar-refractivity contribution in [1.29, 1.82) is 0 Å². The standard InChI is InChI=1S/C12H17F6N3O2/c1-20(7-11(13,14)15)9(22)5-19-10(23)21-4-2-3-8(6-21)12(16,17)18/h8H,2-7H2,1H3,(H,19,23). The second-order valence-corrected chi connectivity index (χ2v) is 5.35. The topological polar surface area (TPSA) is 52.7 Å². The maximum atomic E-state index is 12.6. The SMILES string of the molecule is CN(CC(F)(F)F)C(=O)CNC(=O)N1CCCC(C(F)(F)F)C1. The third kappa shape index (κ3) is 6.53. The molecule has 23 heavy (non-hydrogen) atoms. The molecule has 1 aliphatic rings. The van der Waals surface area contributed by atoms with Crippen LogP contribution in [0.25, 0.3) is 0 Å². The summed E-state index contributed by atoms with van der Waals surface area (Å²) in [6.45, 7) is -2.60. The molecule has 134 valence electrons. The van der Waals surface area contributed by atoms with Crippen molar-refractivity contribution in [3.8, 4) is 0 Å². The lowest BCUT2D eigenvalue weighted by atomic mass is 9.98. The Balaban J connectivity index is 2.46. The number of amides is 3. The number of carbonyl (C=O) groups is 2. The van der Waals surface area contributed by atoms with Crippen molar-refractivity contribution >= 4 is 11.9 Å². The summed E-state index contributed by atoms with van der Waals surface area (Å²) in [6.07, 6.45) is -8.90. The summed E-state index contributed by atoms with van der Waals surface area (Å²) in [5.74, 6) is -2.62. The van der Waals surface area contributed by atoms with Crippen molar-refractivity contribution in [2.75, 3.05) is 33.2 Å². The first-order valence-corrected chi connectivity index (χ1v) is 6.80. The van der Waals surface area contributed by atoms with E-state index in [-0.39, 0.29) is 19.4 Å². The highest BCUT2D eigenvalue weighted by Gasteiger charge is 2.42. The van der Waals surface area contributed by atoms with Crippen LogP contribution in [0.1, 0.15) is 12.8 Å². The Morgan fingerprint density at radius 3 is 2.35 bits per heavy atom. The zero-order valence-electron chi connectivity index (χ0n) is 12.3. The second kappa shape index (κ2) is 7.26. The van der Waals surface area contributed by atoms with Gasteiger partial charge in [-0.25, -0.2) is 4.79 Å². The highest BCUT2D eigenvalue weighted by molar-refractivity contribution is 5.83. The summed E-state index contributed by atoms with van der Waals surface area (Å²) in [7, 11) is 0.919. The number of likely N-dealkylation sites (N-methyl/N-ethyl adjacent to an activating group) is 1. The number of rotatable bonds is 3. The van der Waals surface area contributed by atoms with Crippen LogP contribution in [-0.4, -0.2) is 67.3 Å². The Kier molecular flexibility index (Phi) is 6.11. The molecule has 1 N–H and O–H groups in total. The smallest absolute Gasteiger partial charge is 0.335 e. The van der Waals surface area contributed by atoms with Crippen LogP contribution in [0.15, 0.2) is 0 Å². The largest absolute Gasteiger partial charge is 0.406 e. The van der Waals surface area contributed by atoms with Gasteiger partial charge in [-0.15, -0.1) is 0 Å². The third-order valence-corrected chi connectivity index (χ3v) is 3.40. The quantitative estimate of drug-likeness (QED) is 0.793. The minimum absolute atomic E-state index is 0.0828. The summed E-state index contributed by atoms with van der Waals surface area (Å²) < 4.78 is 74.2. The van der Waals surface area contributed by atoms with Crippen LogP contribution < -0.4 is 5.32 Å². The van der Waals surface area contributed by atoms with E-state index in [1.54, 1.807) is 0 Å².